The van der Waals surface area contributed by atoms with Crippen LogP contribution in [-0.2, 0) is 9.59 Å². The monoisotopic (exact) mass is 447 g/mol. The first-order valence-corrected chi connectivity index (χ1v) is 10.1. The van der Waals surface area contributed by atoms with Gasteiger partial charge in [0.25, 0.3) is 5.91 Å². The van der Waals surface area contributed by atoms with Crippen LogP contribution in [0, 0.1) is 0 Å². The van der Waals surface area contributed by atoms with Crippen molar-refractivity contribution in [3.8, 4) is 5.75 Å². The van der Waals surface area contributed by atoms with E-state index in [1.54, 1.807) is 29.2 Å². The Bertz CT molecular complexity index is 1060. The topological polar surface area (TPSA) is 79.0 Å². The van der Waals surface area contributed by atoms with E-state index in [4.69, 9.17) is 0 Å². The third-order valence-corrected chi connectivity index (χ3v) is 5.39. The standard InChI is InChI=1S/C22H20F3N3O4/c23-22(24,25)32-15-7-5-6-14(12-15)26-19(29)13-28-17-9-2-1-8-16(17)20(30)27-11-4-3-10-18(27)21(28)31/h1-2,5-9,12,18H,3-4,10-11,13H2,(H,26,29). The average Bonchev–Trinajstić information content (AvgIpc) is 2.83. The number of carbonyl (C=O) groups excluding carboxylic acids is 3. The molecule has 1 N–H and O–H groups in total. The molecule has 2 aromatic carbocycles. The number of ether oxygens (including phenoxy) is 1. The number of piperidine rings is 1. The van der Waals surface area contributed by atoms with Gasteiger partial charge in [-0.1, -0.05) is 18.2 Å². The molecule has 4 rings (SSSR count). The normalized spacial score (nSPS) is 18.5. The molecule has 0 aliphatic carbocycles. The van der Waals surface area contributed by atoms with Gasteiger partial charge in [-0.15, -0.1) is 13.2 Å². The third-order valence-electron chi connectivity index (χ3n) is 5.39. The molecule has 2 aromatic rings. The van der Waals surface area contributed by atoms with Crippen LogP contribution in [0.2, 0.25) is 0 Å². The summed E-state index contributed by atoms with van der Waals surface area (Å²) in [5, 5.41) is 2.49. The summed E-state index contributed by atoms with van der Waals surface area (Å²) in [5.41, 5.74) is 0.752. The largest absolute Gasteiger partial charge is 0.573 e. The number of anilines is 2. The minimum Gasteiger partial charge on any atom is -0.406 e. The Morgan fingerprint density at radius 1 is 1.09 bits per heavy atom. The molecule has 1 unspecified atom stereocenters. The lowest BCUT2D eigenvalue weighted by Gasteiger charge is -2.34. The summed E-state index contributed by atoms with van der Waals surface area (Å²) < 4.78 is 41.2. The van der Waals surface area contributed by atoms with Crippen LogP contribution < -0.4 is 15.0 Å². The SMILES string of the molecule is O=C(CN1C(=O)C2CCCCN2C(=O)c2ccccc21)Nc1cccc(OC(F)(F)F)c1. The number of nitrogens with one attached hydrogen (secondary N) is 1. The summed E-state index contributed by atoms with van der Waals surface area (Å²) in [6.45, 7) is 0.0768. The lowest BCUT2D eigenvalue weighted by atomic mass is 10.0. The minimum atomic E-state index is -4.86. The Morgan fingerprint density at radius 3 is 2.66 bits per heavy atom. The molecule has 7 nitrogen and oxygen atoms in total. The van der Waals surface area contributed by atoms with Crippen LogP contribution in [0.25, 0.3) is 0 Å². The molecule has 1 atom stereocenters. The van der Waals surface area contributed by atoms with Crippen molar-refractivity contribution in [2.75, 3.05) is 23.3 Å². The molecule has 0 saturated carbocycles. The van der Waals surface area contributed by atoms with Crippen molar-refractivity contribution in [3.63, 3.8) is 0 Å². The van der Waals surface area contributed by atoms with Gasteiger partial charge in [-0.3, -0.25) is 14.4 Å². The molecule has 0 bridgehead atoms. The number of hydrogen-bond donors (Lipinski definition) is 1. The highest BCUT2D eigenvalue weighted by Crippen LogP contribution is 2.32. The second-order valence-corrected chi connectivity index (χ2v) is 7.58. The van der Waals surface area contributed by atoms with Gasteiger partial charge in [0.15, 0.2) is 0 Å². The van der Waals surface area contributed by atoms with E-state index in [9.17, 15) is 27.6 Å². The Balaban J connectivity index is 1.57. The van der Waals surface area contributed by atoms with Gasteiger partial charge in [0.05, 0.1) is 11.3 Å². The van der Waals surface area contributed by atoms with Crippen LogP contribution in [0.3, 0.4) is 0 Å². The highest BCUT2D eigenvalue weighted by molar-refractivity contribution is 6.13. The summed E-state index contributed by atoms with van der Waals surface area (Å²) in [5.74, 6) is -1.70. The van der Waals surface area contributed by atoms with Gasteiger partial charge in [-0.25, -0.2) is 0 Å². The molecule has 2 aliphatic heterocycles. The number of carbonyl (C=O) groups is 3. The van der Waals surface area contributed by atoms with E-state index in [1.165, 1.54) is 17.0 Å². The van der Waals surface area contributed by atoms with Crippen LogP contribution in [0.15, 0.2) is 48.5 Å². The van der Waals surface area contributed by atoms with Gasteiger partial charge in [0.1, 0.15) is 18.3 Å². The molecule has 1 fully saturated rings. The number of rotatable bonds is 4. The molecular formula is C22H20F3N3O4. The second kappa shape index (κ2) is 8.52. The first kappa shape index (κ1) is 21.7. The summed E-state index contributed by atoms with van der Waals surface area (Å²) in [4.78, 5) is 41.9. The number of amides is 3. The predicted molar refractivity (Wildman–Crippen MR) is 109 cm³/mol. The van der Waals surface area contributed by atoms with E-state index in [-0.39, 0.29) is 17.5 Å². The van der Waals surface area contributed by atoms with Gasteiger partial charge in [-0.2, -0.15) is 0 Å². The number of fused-ring (bicyclic) bond motifs is 2. The predicted octanol–water partition coefficient (Wildman–Crippen LogP) is 3.57. The maximum atomic E-state index is 13.3. The van der Waals surface area contributed by atoms with E-state index in [0.29, 0.717) is 24.2 Å². The van der Waals surface area contributed by atoms with Gasteiger partial charge < -0.3 is 19.9 Å². The zero-order valence-corrected chi connectivity index (χ0v) is 16.9. The van der Waals surface area contributed by atoms with E-state index in [0.717, 1.165) is 25.0 Å². The molecule has 1 saturated heterocycles. The fourth-order valence-electron chi connectivity index (χ4n) is 4.05. The molecule has 168 valence electrons. The van der Waals surface area contributed by atoms with Crippen LogP contribution in [-0.4, -0.2) is 48.1 Å². The average molecular weight is 447 g/mol. The Hall–Kier alpha value is -3.56. The van der Waals surface area contributed by atoms with Crippen molar-refractivity contribution in [2.45, 2.75) is 31.7 Å². The minimum absolute atomic E-state index is 0.0858. The number of nitrogens with zero attached hydrogens (tertiary/aromatic N) is 2. The van der Waals surface area contributed by atoms with Crippen molar-refractivity contribution in [1.82, 2.24) is 4.90 Å². The first-order chi connectivity index (χ1) is 15.2. The smallest absolute Gasteiger partial charge is 0.406 e. The van der Waals surface area contributed by atoms with Crippen molar-refractivity contribution >= 4 is 29.1 Å². The Labute approximate surface area is 181 Å². The third kappa shape index (κ3) is 4.53. The van der Waals surface area contributed by atoms with Gasteiger partial charge >= 0.3 is 6.36 Å². The van der Waals surface area contributed by atoms with Crippen molar-refractivity contribution in [2.24, 2.45) is 0 Å². The zero-order chi connectivity index (χ0) is 22.9. The first-order valence-electron chi connectivity index (χ1n) is 10.1. The molecule has 32 heavy (non-hydrogen) atoms. The second-order valence-electron chi connectivity index (χ2n) is 7.58. The van der Waals surface area contributed by atoms with Gasteiger partial charge in [-0.05, 0) is 43.5 Å². The highest BCUT2D eigenvalue weighted by atomic mass is 19.4. The quantitative estimate of drug-likeness (QED) is 0.778. The number of alkyl halides is 3. The molecule has 0 radical (unpaired) electrons. The van der Waals surface area contributed by atoms with E-state index < -0.39 is 30.6 Å². The van der Waals surface area contributed by atoms with E-state index >= 15 is 0 Å². The number of benzene rings is 2. The summed E-state index contributed by atoms with van der Waals surface area (Å²) in [6, 6.07) is 10.8. The molecule has 0 aromatic heterocycles. The van der Waals surface area contributed by atoms with Crippen molar-refractivity contribution < 1.29 is 32.3 Å². The summed E-state index contributed by atoms with van der Waals surface area (Å²) in [7, 11) is 0. The Morgan fingerprint density at radius 2 is 1.88 bits per heavy atom. The van der Waals surface area contributed by atoms with Gasteiger partial charge in [0.2, 0.25) is 11.8 Å². The number of para-hydroxylation sites is 1. The van der Waals surface area contributed by atoms with E-state index in [1.807, 2.05) is 0 Å². The molecule has 0 spiro atoms. The molecule has 2 heterocycles. The zero-order valence-electron chi connectivity index (χ0n) is 16.9. The molecule has 10 heteroatoms. The summed E-state index contributed by atoms with van der Waals surface area (Å²) >= 11 is 0. The summed E-state index contributed by atoms with van der Waals surface area (Å²) in [6.07, 6.45) is -2.76. The number of hydrogen-bond acceptors (Lipinski definition) is 4. The molecular weight excluding hydrogens is 427 g/mol. The maximum Gasteiger partial charge on any atom is 0.573 e. The lowest BCUT2D eigenvalue weighted by Crippen LogP contribution is -2.52. The van der Waals surface area contributed by atoms with Crippen LogP contribution in [0.4, 0.5) is 24.5 Å². The van der Waals surface area contributed by atoms with Gasteiger partial charge in [0, 0.05) is 18.3 Å². The van der Waals surface area contributed by atoms with E-state index in [2.05, 4.69) is 10.1 Å². The highest BCUT2D eigenvalue weighted by Gasteiger charge is 2.41. The van der Waals surface area contributed by atoms with Crippen LogP contribution >= 0.6 is 0 Å². The fraction of sp³-hybridized carbons (Fsp3) is 0.318. The fourth-order valence-corrected chi connectivity index (χ4v) is 4.05. The molecule has 3 amide bonds. The number of halogens is 3. The van der Waals surface area contributed by atoms with Crippen molar-refractivity contribution in [3.05, 3.63) is 54.1 Å². The lowest BCUT2D eigenvalue weighted by molar-refractivity contribution is -0.274. The van der Waals surface area contributed by atoms with Crippen LogP contribution in [0.1, 0.15) is 29.6 Å². The van der Waals surface area contributed by atoms with Crippen molar-refractivity contribution in [1.29, 1.82) is 0 Å². The Kier molecular flexibility index (Phi) is 5.77. The van der Waals surface area contributed by atoms with Crippen LogP contribution in [0.5, 0.6) is 5.75 Å². The molecule has 2 aliphatic rings. The maximum absolute atomic E-state index is 13.3.